The lowest BCUT2D eigenvalue weighted by Gasteiger charge is -2.20. The van der Waals surface area contributed by atoms with Crippen LogP contribution in [0.25, 0.3) is 0 Å². The lowest BCUT2D eigenvalue weighted by atomic mass is 10.2. The van der Waals surface area contributed by atoms with Crippen molar-refractivity contribution in [2.75, 3.05) is 50.2 Å². The molecule has 6 heteroatoms. The number of nitrogens with one attached hydrogen (secondary N) is 2. The average molecular weight is 549 g/mol. The van der Waals surface area contributed by atoms with Gasteiger partial charge in [0.1, 0.15) is 34.4 Å². The molecule has 2 aromatic carbocycles. The molecule has 0 radical (unpaired) electrons. The van der Waals surface area contributed by atoms with Crippen molar-refractivity contribution in [2.45, 2.75) is 51.4 Å². The number of rotatable bonds is 25. The third kappa shape index (κ3) is 12.4. The van der Waals surface area contributed by atoms with Crippen molar-refractivity contribution in [1.29, 1.82) is 0 Å². The van der Waals surface area contributed by atoms with Crippen LogP contribution >= 0.6 is 0 Å². The predicted octanol–water partition coefficient (Wildman–Crippen LogP) is 8.59. The Labute approximate surface area is 241 Å². The zero-order valence-corrected chi connectivity index (χ0v) is 24.1. The second-order valence-corrected chi connectivity index (χ2v) is 9.23. The molecular weight excluding hydrogens is 500 g/mol. The number of allylic oxidation sites excluding steroid dienone is 4. The Morgan fingerprint density at radius 1 is 0.475 bits per heavy atom. The summed E-state index contributed by atoms with van der Waals surface area (Å²) < 4.78 is 24.4. The predicted molar refractivity (Wildman–Crippen MR) is 170 cm³/mol. The molecule has 0 aliphatic heterocycles. The molecule has 0 saturated heterocycles. The van der Waals surface area contributed by atoms with Crippen LogP contribution < -0.4 is 29.6 Å². The van der Waals surface area contributed by atoms with Gasteiger partial charge in [0, 0.05) is 13.1 Å². The first-order chi connectivity index (χ1) is 19.7. The highest BCUT2D eigenvalue weighted by molar-refractivity contribution is 5.68. The van der Waals surface area contributed by atoms with E-state index in [1.54, 1.807) is 0 Å². The first-order valence-corrected chi connectivity index (χ1v) is 14.4. The molecule has 0 aromatic heterocycles. The molecule has 0 amide bonds. The fourth-order valence-corrected chi connectivity index (χ4v) is 3.87. The number of anilines is 2. The summed E-state index contributed by atoms with van der Waals surface area (Å²) in [7, 11) is 0. The Hall–Kier alpha value is -3.80. The molecule has 0 bridgehead atoms. The summed E-state index contributed by atoms with van der Waals surface area (Å²) in [4.78, 5) is 0. The van der Waals surface area contributed by atoms with Gasteiger partial charge in [-0.15, -0.1) is 26.3 Å². The van der Waals surface area contributed by atoms with E-state index >= 15 is 0 Å². The van der Waals surface area contributed by atoms with E-state index < -0.39 is 0 Å². The van der Waals surface area contributed by atoms with E-state index in [0.29, 0.717) is 39.5 Å². The highest BCUT2D eigenvalue weighted by Gasteiger charge is 2.13. The number of hydrogen-bond donors (Lipinski definition) is 2. The quantitative estimate of drug-likeness (QED) is 0.0957. The first-order valence-electron chi connectivity index (χ1n) is 14.4. The summed E-state index contributed by atoms with van der Waals surface area (Å²) in [5, 5.41) is 7.07. The third-order valence-corrected chi connectivity index (χ3v) is 5.95. The molecule has 0 aliphatic rings. The van der Waals surface area contributed by atoms with Crippen LogP contribution in [0.1, 0.15) is 51.4 Å². The van der Waals surface area contributed by atoms with Gasteiger partial charge in [-0.05, 0) is 75.6 Å². The molecule has 218 valence electrons. The Balaban J connectivity index is 2.10. The highest BCUT2D eigenvalue weighted by atomic mass is 16.5. The van der Waals surface area contributed by atoms with Crippen molar-refractivity contribution in [1.82, 2.24) is 0 Å². The van der Waals surface area contributed by atoms with Gasteiger partial charge in [0.25, 0.3) is 0 Å². The molecule has 2 aromatic rings. The van der Waals surface area contributed by atoms with Gasteiger partial charge in [-0.3, -0.25) is 0 Å². The largest absolute Gasteiger partial charge is 0.491 e. The highest BCUT2D eigenvalue weighted by Crippen LogP contribution is 2.36. The molecule has 0 aliphatic carbocycles. The SMILES string of the molecule is C=CCCCOc1cccc(OCCCC=C)c1NCCNc1c(OCCCC=C)cccc1OCCCC=C. The summed E-state index contributed by atoms with van der Waals surface area (Å²) in [6.07, 6.45) is 14.9. The number of para-hydroxylation sites is 2. The van der Waals surface area contributed by atoms with E-state index in [-0.39, 0.29) is 0 Å². The van der Waals surface area contributed by atoms with Crippen LogP contribution in [0, 0.1) is 0 Å². The van der Waals surface area contributed by atoms with E-state index in [2.05, 4.69) is 36.9 Å². The van der Waals surface area contributed by atoms with E-state index in [1.807, 2.05) is 60.7 Å². The number of benzene rings is 2. The zero-order valence-electron chi connectivity index (χ0n) is 24.1. The van der Waals surface area contributed by atoms with Gasteiger partial charge >= 0.3 is 0 Å². The van der Waals surface area contributed by atoms with E-state index in [1.165, 1.54) is 0 Å². The third-order valence-electron chi connectivity index (χ3n) is 5.95. The Morgan fingerprint density at radius 3 is 1.00 bits per heavy atom. The molecule has 6 nitrogen and oxygen atoms in total. The van der Waals surface area contributed by atoms with Crippen LogP contribution in [0.2, 0.25) is 0 Å². The Morgan fingerprint density at radius 2 is 0.750 bits per heavy atom. The molecule has 2 rings (SSSR count). The van der Waals surface area contributed by atoms with Gasteiger partial charge in [-0.25, -0.2) is 0 Å². The van der Waals surface area contributed by atoms with Crippen molar-refractivity contribution < 1.29 is 18.9 Å². The Bertz CT molecular complexity index is 871. The Kier molecular flexibility index (Phi) is 17.1. The molecule has 40 heavy (non-hydrogen) atoms. The summed E-state index contributed by atoms with van der Waals surface area (Å²) in [6.45, 7) is 18.9. The van der Waals surface area contributed by atoms with Crippen molar-refractivity contribution in [2.24, 2.45) is 0 Å². The van der Waals surface area contributed by atoms with E-state index in [9.17, 15) is 0 Å². The number of ether oxygens (including phenoxy) is 4. The monoisotopic (exact) mass is 548 g/mol. The molecule has 0 atom stereocenters. The van der Waals surface area contributed by atoms with Gasteiger partial charge in [-0.2, -0.15) is 0 Å². The zero-order chi connectivity index (χ0) is 28.7. The van der Waals surface area contributed by atoms with Crippen LogP contribution in [0.4, 0.5) is 11.4 Å². The van der Waals surface area contributed by atoms with Crippen LogP contribution in [-0.4, -0.2) is 39.5 Å². The minimum Gasteiger partial charge on any atom is -0.491 e. The lowest BCUT2D eigenvalue weighted by molar-refractivity contribution is 0.298. The standard InChI is InChI=1S/C34H48N2O4/c1-5-9-13-25-37-29-19-17-20-30(38-26-14-10-6-2)33(29)35-23-24-36-34-31(39-27-15-11-7-3)21-18-22-32(34)40-28-16-12-8-4/h5-8,17-22,35-36H,1-4,9-16,23-28H2. The van der Waals surface area contributed by atoms with Crippen LogP contribution in [0.3, 0.4) is 0 Å². The maximum Gasteiger partial charge on any atom is 0.146 e. The van der Waals surface area contributed by atoms with Gasteiger partial charge in [0.15, 0.2) is 0 Å². The smallest absolute Gasteiger partial charge is 0.146 e. The van der Waals surface area contributed by atoms with Crippen molar-refractivity contribution in [3.63, 3.8) is 0 Å². The average Bonchev–Trinajstić information content (AvgIpc) is 2.97. The summed E-state index contributed by atoms with van der Waals surface area (Å²) in [5.74, 6) is 3.12. The van der Waals surface area contributed by atoms with Gasteiger partial charge in [0.05, 0.1) is 26.4 Å². The fourth-order valence-electron chi connectivity index (χ4n) is 3.87. The minimum atomic E-state index is 0.613. The number of unbranched alkanes of at least 4 members (excludes halogenated alkanes) is 4. The summed E-state index contributed by atoms with van der Waals surface area (Å²) in [5.41, 5.74) is 1.72. The van der Waals surface area contributed by atoms with E-state index in [0.717, 1.165) is 85.7 Å². The maximum absolute atomic E-state index is 6.11. The van der Waals surface area contributed by atoms with Crippen LogP contribution in [-0.2, 0) is 0 Å². The fraction of sp³-hybridized carbons (Fsp3) is 0.412. The van der Waals surface area contributed by atoms with Crippen LogP contribution in [0.5, 0.6) is 23.0 Å². The second kappa shape index (κ2) is 21.1. The molecular formula is C34H48N2O4. The topological polar surface area (TPSA) is 61.0 Å². The molecule has 0 fully saturated rings. The van der Waals surface area contributed by atoms with E-state index in [4.69, 9.17) is 18.9 Å². The van der Waals surface area contributed by atoms with Gasteiger partial charge < -0.3 is 29.6 Å². The van der Waals surface area contributed by atoms with Crippen molar-refractivity contribution in [3.8, 4) is 23.0 Å². The van der Waals surface area contributed by atoms with Gasteiger partial charge in [0.2, 0.25) is 0 Å². The lowest BCUT2D eigenvalue weighted by Crippen LogP contribution is -2.16. The normalized spacial score (nSPS) is 10.3. The minimum absolute atomic E-state index is 0.613. The molecule has 0 spiro atoms. The van der Waals surface area contributed by atoms with Crippen LogP contribution in [0.15, 0.2) is 87.0 Å². The molecule has 2 N–H and O–H groups in total. The van der Waals surface area contributed by atoms with Gasteiger partial charge in [-0.1, -0.05) is 36.4 Å². The molecule has 0 unspecified atom stereocenters. The first kappa shape index (κ1) is 32.4. The summed E-state index contributed by atoms with van der Waals surface area (Å²) >= 11 is 0. The molecule has 0 saturated carbocycles. The number of hydrogen-bond acceptors (Lipinski definition) is 6. The van der Waals surface area contributed by atoms with Crippen molar-refractivity contribution >= 4 is 11.4 Å². The maximum atomic E-state index is 6.11. The second-order valence-electron chi connectivity index (χ2n) is 9.23. The molecule has 0 heterocycles. The summed E-state index contributed by atoms with van der Waals surface area (Å²) in [6, 6.07) is 11.8. The van der Waals surface area contributed by atoms with Crippen molar-refractivity contribution in [3.05, 3.63) is 87.0 Å².